The van der Waals surface area contributed by atoms with Gasteiger partial charge in [0.15, 0.2) is 0 Å². The molecular formula is C18H27NO2. The average molecular weight is 289 g/mol. The molecule has 2 unspecified atom stereocenters. The molecule has 2 fully saturated rings. The molecule has 0 bridgehead atoms. The van der Waals surface area contributed by atoms with Crippen molar-refractivity contribution in [2.75, 3.05) is 26.2 Å². The molecule has 3 rings (SSSR count). The van der Waals surface area contributed by atoms with Crippen molar-refractivity contribution in [1.29, 1.82) is 0 Å². The van der Waals surface area contributed by atoms with Gasteiger partial charge in [0, 0.05) is 13.1 Å². The molecule has 0 aromatic heterocycles. The van der Waals surface area contributed by atoms with Crippen LogP contribution in [0.5, 0.6) is 0 Å². The highest BCUT2D eigenvalue weighted by atomic mass is 16.5. The van der Waals surface area contributed by atoms with E-state index in [1.54, 1.807) is 0 Å². The van der Waals surface area contributed by atoms with Crippen molar-refractivity contribution in [1.82, 2.24) is 4.90 Å². The summed E-state index contributed by atoms with van der Waals surface area (Å²) in [6.45, 7) is 5.85. The zero-order valence-electron chi connectivity index (χ0n) is 13.0. The van der Waals surface area contributed by atoms with Crippen molar-refractivity contribution in [2.45, 2.75) is 50.7 Å². The van der Waals surface area contributed by atoms with Crippen molar-refractivity contribution in [3.8, 4) is 0 Å². The fourth-order valence-corrected chi connectivity index (χ4v) is 3.51. The second-order valence-electron chi connectivity index (χ2n) is 6.41. The number of rotatable bonds is 5. The van der Waals surface area contributed by atoms with Crippen molar-refractivity contribution in [3.63, 3.8) is 0 Å². The van der Waals surface area contributed by atoms with Gasteiger partial charge in [0.2, 0.25) is 0 Å². The number of ether oxygens (including phenoxy) is 1. The van der Waals surface area contributed by atoms with E-state index in [4.69, 9.17) is 4.74 Å². The van der Waals surface area contributed by atoms with E-state index in [0.717, 1.165) is 38.2 Å². The molecule has 0 radical (unpaired) electrons. The smallest absolute Gasteiger partial charge is 0.107 e. The number of benzene rings is 1. The number of hydrogen-bond acceptors (Lipinski definition) is 3. The van der Waals surface area contributed by atoms with Crippen molar-refractivity contribution in [3.05, 3.63) is 35.4 Å². The SMILES string of the molecule is CCCN1CCOC(C(O)c2ccccc2C2CCC2)C1. The minimum Gasteiger partial charge on any atom is -0.386 e. The van der Waals surface area contributed by atoms with Crippen LogP contribution in [0.25, 0.3) is 0 Å². The fourth-order valence-electron chi connectivity index (χ4n) is 3.51. The first-order chi connectivity index (χ1) is 10.3. The van der Waals surface area contributed by atoms with Crippen LogP contribution in [0.2, 0.25) is 0 Å². The number of aliphatic hydroxyl groups excluding tert-OH is 1. The van der Waals surface area contributed by atoms with Crippen LogP contribution >= 0.6 is 0 Å². The van der Waals surface area contributed by atoms with Gasteiger partial charge in [-0.05, 0) is 42.9 Å². The maximum absolute atomic E-state index is 10.8. The molecule has 1 aliphatic carbocycles. The van der Waals surface area contributed by atoms with Gasteiger partial charge in [0.05, 0.1) is 6.61 Å². The molecule has 1 aromatic carbocycles. The zero-order chi connectivity index (χ0) is 14.7. The summed E-state index contributed by atoms with van der Waals surface area (Å²) in [5.74, 6) is 0.645. The van der Waals surface area contributed by atoms with Crippen molar-refractivity contribution < 1.29 is 9.84 Å². The molecular weight excluding hydrogens is 262 g/mol. The van der Waals surface area contributed by atoms with E-state index in [1.165, 1.54) is 24.8 Å². The Labute approximate surface area is 127 Å². The third-order valence-corrected chi connectivity index (χ3v) is 4.93. The first-order valence-electron chi connectivity index (χ1n) is 8.40. The Kier molecular flexibility index (Phi) is 4.94. The lowest BCUT2D eigenvalue weighted by atomic mass is 9.77. The second kappa shape index (κ2) is 6.91. The fraction of sp³-hybridized carbons (Fsp3) is 0.667. The largest absolute Gasteiger partial charge is 0.386 e. The first-order valence-corrected chi connectivity index (χ1v) is 8.40. The Balaban J connectivity index is 1.73. The van der Waals surface area contributed by atoms with E-state index in [1.807, 2.05) is 6.07 Å². The Hall–Kier alpha value is -0.900. The molecule has 1 heterocycles. The van der Waals surface area contributed by atoms with Gasteiger partial charge in [0.1, 0.15) is 12.2 Å². The monoisotopic (exact) mass is 289 g/mol. The average Bonchev–Trinajstić information content (AvgIpc) is 2.46. The lowest BCUT2D eigenvalue weighted by Crippen LogP contribution is -2.45. The highest BCUT2D eigenvalue weighted by Gasteiger charge is 2.31. The second-order valence-corrected chi connectivity index (χ2v) is 6.41. The number of morpholine rings is 1. The minimum atomic E-state index is -0.499. The van der Waals surface area contributed by atoms with Crippen LogP contribution in [-0.2, 0) is 4.74 Å². The quantitative estimate of drug-likeness (QED) is 0.904. The molecule has 2 aliphatic rings. The van der Waals surface area contributed by atoms with E-state index in [9.17, 15) is 5.11 Å². The molecule has 3 heteroatoms. The Morgan fingerprint density at radius 2 is 2.14 bits per heavy atom. The molecule has 116 valence electrons. The molecule has 1 aliphatic heterocycles. The summed E-state index contributed by atoms with van der Waals surface area (Å²) in [7, 11) is 0. The van der Waals surface area contributed by atoms with E-state index in [-0.39, 0.29) is 6.10 Å². The van der Waals surface area contributed by atoms with Crippen LogP contribution in [0.4, 0.5) is 0 Å². The molecule has 0 amide bonds. The molecule has 1 aromatic rings. The summed E-state index contributed by atoms with van der Waals surface area (Å²) < 4.78 is 5.87. The summed E-state index contributed by atoms with van der Waals surface area (Å²) in [6.07, 6.45) is 4.41. The van der Waals surface area contributed by atoms with Gasteiger partial charge in [-0.3, -0.25) is 4.90 Å². The van der Waals surface area contributed by atoms with Crippen LogP contribution < -0.4 is 0 Å². The number of hydrogen-bond donors (Lipinski definition) is 1. The number of aliphatic hydroxyl groups is 1. The highest BCUT2D eigenvalue weighted by Crippen LogP contribution is 2.40. The Morgan fingerprint density at radius 3 is 2.86 bits per heavy atom. The molecule has 1 saturated heterocycles. The summed E-state index contributed by atoms with van der Waals surface area (Å²) >= 11 is 0. The third-order valence-electron chi connectivity index (χ3n) is 4.93. The van der Waals surface area contributed by atoms with Gasteiger partial charge in [-0.15, -0.1) is 0 Å². The molecule has 3 nitrogen and oxygen atoms in total. The van der Waals surface area contributed by atoms with Gasteiger partial charge < -0.3 is 9.84 Å². The van der Waals surface area contributed by atoms with Crippen LogP contribution in [0.3, 0.4) is 0 Å². The van der Waals surface area contributed by atoms with Crippen LogP contribution in [0.1, 0.15) is 55.8 Å². The molecule has 1 N–H and O–H groups in total. The topological polar surface area (TPSA) is 32.7 Å². The molecule has 0 spiro atoms. The van der Waals surface area contributed by atoms with Gasteiger partial charge in [-0.1, -0.05) is 37.6 Å². The summed E-state index contributed by atoms with van der Waals surface area (Å²) in [6, 6.07) is 8.40. The van der Waals surface area contributed by atoms with Crippen LogP contribution in [-0.4, -0.2) is 42.4 Å². The van der Waals surface area contributed by atoms with Crippen LogP contribution in [0, 0.1) is 0 Å². The predicted molar refractivity (Wildman–Crippen MR) is 84.5 cm³/mol. The lowest BCUT2D eigenvalue weighted by molar-refractivity contribution is -0.0902. The molecule has 21 heavy (non-hydrogen) atoms. The first kappa shape index (κ1) is 15.0. The van der Waals surface area contributed by atoms with Gasteiger partial charge >= 0.3 is 0 Å². The lowest BCUT2D eigenvalue weighted by Gasteiger charge is -2.37. The maximum Gasteiger partial charge on any atom is 0.107 e. The normalized spacial score (nSPS) is 25.5. The minimum absolute atomic E-state index is 0.0912. The van der Waals surface area contributed by atoms with Crippen molar-refractivity contribution in [2.24, 2.45) is 0 Å². The van der Waals surface area contributed by atoms with Gasteiger partial charge in [-0.25, -0.2) is 0 Å². The summed E-state index contributed by atoms with van der Waals surface area (Å²) in [5.41, 5.74) is 2.43. The van der Waals surface area contributed by atoms with E-state index < -0.39 is 6.10 Å². The van der Waals surface area contributed by atoms with E-state index >= 15 is 0 Å². The van der Waals surface area contributed by atoms with Crippen molar-refractivity contribution >= 4 is 0 Å². The standard InChI is InChI=1S/C18H27NO2/c1-2-10-19-11-12-21-17(13-19)18(20)16-9-4-3-8-15(16)14-6-5-7-14/h3-4,8-9,14,17-18,20H,2,5-7,10-13H2,1H3. The Morgan fingerprint density at radius 1 is 1.33 bits per heavy atom. The van der Waals surface area contributed by atoms with Gasteiger partial charge in [0.25, 0.3) is 0 Å². The molecule has 1 saturated carbocycles. The predicted octanol–water partition coefficient (Wildman–Crippen LogP) is 3.10. The highest BCUT2D eigenvalue weighted by molar-refractivity contribution is 5.34. The molecule has 2 atom stereocenters. The third kappa shape index (κ3) is 3.31. The maximum atomic E-state index is 10.8. The summed E-state index contributed by atoms with van der Waals surface area (Å²) in [5, 5.41) is 10.8. The van der Waals surface area contributed by atoms with E-state index in [2.05, 4.69) is 30.0 Å². The zero-order valence-corrected chi connectivity index (χ0v) is 13.0. The Bertz CT molecular complexity index is 456. The van der Waals surface area contributed by atoms with E-state index in [0.29, 0.717) is 5.92 Å². The van der Waals surface area contributed by atoms with Gasteiger partial charge in [-0.2, -0.15) is 0 Å². The summed E-state index contributed by atoms with van der Waals surface area (Å²) in [4.78, 5) is 2.41. The number of nitrogens with zero attached hydrogens (tertiary/aromatic N) is 1. The van der Waals surface area contributed by atoms with Crippen LogP contribution in [0.15, 0.2) is 24.3 Å².